The second kappa shape index (κ2) is 5.08. The summed E-state index contributed by atoms with van der Waals surface area (Å²) in [5, 5.41) is 0. The van der Waals surface area contributed by atoms with Crippen LogP contribution in [0.5, 0.6) is 5.75 Å². The lowest BCUT2D eigenvalue weighted by molar-refractivity contribution is -0.148. The second-order valence-electron chi connectivity index (χ2n) is 4.34. The number of benzene rings is 1. The van der Waals surface area contributed by atoms with Crippen LogP contribution < -0.4 is 10.5 Å². The number of nitrogens with zero attached hydrogens (tertiary/aromatic N) is 1. The van der Waals surface area contributed by atoms with Crippen molar-refractivity contribution in [1.82, 2.24) is 4.90 Å². The highest BCUT2D eigenvalue weighted by molar-refractivity contribution is 5.97. The molecule has 18 heavy (non-hydrogen) atoms. The summed E-state index contributed by atoms with van der Waals surface area (Å²) in [6.07, 6.45) is 1.52. The van der Waals surface area contributed by atoms with E-state index in [9.17, 15) is 9.59 Å². The van der Waals surface area contributed by atoms with E-state index in [1.807, 2.05) is 0 Å². The van der Waals surface area contributed by atoms with Crippen molar-refractivity contribution in [3.05, 3.63) is 23.8 Å². The number of ether oxygens (including phenoxy) is 1. The number of nitrogen functional groups attached to an aromatic ring is 1. The minimum atomic E-state index is -0.118. The molecule has 0 radical (unpaired) electrons. The number of carbonyl (C=O) groups is 2. The van der Waals surface area contributed by atoms with Gasteiger partial charge < -0.3 is 10.5 Å². The molecular weight excluding hydrogens is 232 g/mol. The average molecular weight is 248 g/mol. The van der Waals surface area contributed by atoms with Crippen molar-refractivity contribution in [2.24, 2.45) is 0 Å². The maximum absolute atomic E-state index is 11.7. The zero-order valence-electron chi connectivity index (χ0n) is 10.3. The van der Waals surface area contributed by atoms with Gasteiger partial charge in [0, 0.05) is 24.6 Å². The Hall–Kier alpha value is -2.04. The molecule has 0 unspecified atom stereocenters. The molecule has 1 aromatic rings. The first-order chi connectivity index (χ1) is 8.60. The van der Waals surface area contributed by atoms with Crippen LogP contribution in [0.3, 0.4) is 0 Å². The number of nitrogens with two attached hydrogens (primary N) is 1. The summed E-state index contributed by atoms with van der Waals surface area (Å²) in [5.74, 6) is 0.391. The summed E-state index contributed by atoms with van der Waals surface area (Å²) >= 11 is 0. The van der Waals surface area contributed by atoms with Crippen molar-refractivity contribution in [2.75, 3.05) is 12.8 Å². The predicted molar refractivity (Wildman–Crippen MR) is 66.8 cm³/mol. The Kier molecular flexibility index (Phi) is 3.50. The van der Waals surface area contributed by atoms with Crippen LogP contribution >= 0.6 is 0 Å². The molecule has 1 aromatic carbocycles. The lowest BCUT2D eigenvalue weighted by atomic mass is 10.1. The third-order valence-corrected chi connectivity index (χ3v) is 2.95. The molecule has 1 aliphatic heterocycles. The molecule has 2 rings (SSSR count). The number of anilines is 1. The molecule has 1 heterocycles. The Balaban J connectivity index is 2.19. The van der Waals surface area contributed by atoms with E-state index in [0.29, 0.717) is 30.7 Å². The molecule has 5 nitrogen and oxygen atoms in total. The Morgan fingerprint density at radius 1 is 1.22 bits per heavy atom. The van der Waals surface area contributed by atoms with Gasteiger partial charge >= 0.3 is 0 Å². The van der Waals surface area contributed by atoms with Gasteiger partial charge in [-0.3, -0.25) is 14.5 Å². The fourth-order valence-electron chi connectivity index (χ4n) is 2.05. The Labute approximate surface area is 106 Å². The summed E-state index contributed by atoms with van der Waals surface area (Å²) in [6.45, 7) is 0.263. The van der Waals surface area contributed by atoms with E-state index in [0.717, 1.165) is 5.56 Å². The zero-order chi connectivity index (χ0) is 13.1. The van der Waals surface area contributed by atoms with Crippen LogP contribution in [-0.4, -0.2) is 23.8 Å². The Morgan fingerprint density at radius 2 is 1.89 bits per heavy atom. The number of likely N-dealkylation sites (tertiary alicyclic amines) is 1. The summed E-state index contributed by atoms with van der Waals surface area (Å²) < 4.78 is 5.11. The minimum Gasteiger partial charge on any atom is -0.497 e. The van der Waals surface area contributed by atoms with Crippen molar-refractivity contribution >= 4 is 17.5 Å². The first kappa shape index (κ1) is 12.4. The number of piperidine rings is 1. The highest BCUT2D eigenvalue weighted by Gasteiger charge is 2.25. The van der Waals surface area contributed by atoms with Crippen LogP contribution in [0.2, 0.25) is 0 Å². The van der Waals surface area contributed by atoms with Crippen molar-refractivity contribution in [2.45, 2.75) is 25.8 Å². The van der Waals surface area contributed by atoms with Crippen molar-refractivity contribution in [3.8, 4) is 5.75 Å². The molecule has 0 bridgehead atoms. The van der Waals surface area contributed by atoms with Gasteiger partial charge in [-0.25, -0.2) is 0 Å². The summed E-state index contributed by atoms with van der Waals surface area (Å²) in [4.78, 5) is 24.7. The number of carbonyl (C=O) groups excluding carboxylic acids is 2. The third kappa shape index (κ3) is 2.61. The van der Waals surface area contributed by atoms with Gasteiger partial charge in [0.05, 0.1) is 13.7 Å². The fourth-order valence-corrected chi connectivity index (χ4v) is 2.05. The number of methoxy groups -OCH3 is 1. The molecule has 1 fully saturated rings. The van der Waals surface area contributed by atoms with Crippen LogP contribution in [-0.2, 0) is 16.1 Å². The van der Waals surface area contributed by atoms with Gasteiger partial charge in [0.1, 0.15) is 5.75 Å². The molecule has 2 amide bonds. The quantitative estimate of drug-likeness (QED) is 0.646. The summed E-state index contributed by atoms with van der Waals surface area (Å²) in [5.41, 5.74) is 7.10. The first-order valence-electron chi connectivity index (χ1n) is 5.87. The zero-order valence-corrected chi connectivity index (χ0v) is 10.3. The van der Waals surface area contributed by atoms with E-state index in [1.165, 1.54) is 4.90 Å². The van der Waals surface area contributed by atoms with E-state index < -0.39 is 0 Å². The lowest BCUT2D eigenvalue weighted by Crippen LogP contribution is -2.39. The van der Waals surface area contributed by atoms with Crippen LogP contribution in [0.15, 0.2) is 18.2 Å². The van der Waals surface area contributed by atoms with Gasteiger partial charge in [-0.05, 0) is 24.1 Å². The highest BCUT2D eigenvalue weighted by Crippen LogP contribution is 2.22. The minimum absolute atomic E-state index is 0.118. The molecule has 96 valence electrons. The largest absolute Gasteiger partial charge is 0.497 e. The maximum Gasteiger partial charge on any atom is 0.229 e. The molecular formula is C13H16N2O3. The first-order valence-corrected chi connectivity index (χ1v) is 5.87. The van der Waals surface area contributed by atoms with Gasteiger partial charge in [0.2, 0.25) is 11.8 Å². The molecule has 5 heteroatoms. The van der Waals surface area contributed by atoms with Crippen LogP contribution in [0, 0.1) is 0 Å². The van der Waals surface area contributed by atoms with E-state index in [-0.39, 0.29) is 18.4 Å². The topological polar surface area (TPSA) is 72.6 Å². The molecule has 1 aliphatic rings. The van der Waals surface area contributed by atoms with E-state index in [2.05, 4.69) is 0 Å². The van der Waals surface area contributed by atoms with Crippen LogP contribution in [0.4, 0.5) is 5.69 Å². The molecule has 2 N–H and O–H groups in total. The number of amides is 2. The molecule has 0 aromatic heterocycles. The summed E-state index contributed by atoms with van der Waals surface area (Å²) in [7, 11) is 1.55. The molecule has 0 atom stereocenters. The van der Waals surface area contributed by atoms with Gasteiger partial charge in [-0.2, -0.15) is 0 Å². The van der Waals surface area contributed by atoms with Crippen LogP contribution in [0.25, 0.3) is 0 Å². The van der Waals surface area contributed by atoms with Crippen molar-refractivity contribution < 1.29 is 14.3 Å². The fraction of sp³-hybridized carbons (Fsp3) is 0.385. The number of imide groups is 1. The normalized spacial score (nSPS) is 15.9. The van der Waals surface area contributed by atoms with Gasteiger partial charge in [-0.15, -0.1) is 0 Å². The average Bonchev–Trinajstić information content (AvgIpc) is 2.33. The standard InChI is InChI=1S/C13H16N2O3/c1-18-11-6-9(5-10(14)7-11)8-15-12(16)3-2-4-13(15)17/h5-7H,2-4,8,14H2,1H3. The lowest BCUT2D eigenvalue weighted by Gasteiger charge is -2.25. The van der Waals surface area contributed by atoms with Gasteiger partial charge in [0.15, 0.2) is 0 Å². The number of hydrogen-bond acceptors (Lipinski definition) is 4. The van der Waals surface area contributed by atoms with E-state index >= 15 is 0 Å². The van der Waals surface area contributed by atoms with Crippen molar-refractivity contribution in [3.63, 3.8) is 0 Å². The number of rotatable bonds is 3. The van der Waals surface area contributed by atoms with Gasteiger partial charge in [-0.1, -0.05) is 0 Å². The van der Waals surface area contributed by atoms with Crippen molar-refractivity contribution in [1.29, 1.82) is 0 Å². The summed E-state index contributed by atoms with van der Waals surface area (Å²) in [6, 6.07) is 5.23. The van der Waals surface area contributed by atoms with E-state index in [1.54, 1.807) is 25.3 Å². The third-order valence-electron chi connectivity index (χ3n) is 2.95. The Bertz CT molecular complexity index is 469. The monoisotopic (exact) mass is 248 g/mol. The Morgan fingerprint density at radius 3 is 2.50 bits per heavy atom. The maximum atomic E-state index is 11.7. The molecule has 1 saturated heterocycles. The molecule has 0 spiro atoms. The smallest absolute Gasteiger partial charge is 0.229 e. The predicted octanol–water partition coefficient (Wildman–Crippen LogP) is 1.32. The van der Waals surface area contributed by atoms with E-state index in [4.69, 9.17) is 10.5 Å². The second-order valence-corrected chi connectivity index (χ2v) is 4.34. The molecule has 0 saturated carbocycles. The number of hydrogen-bond donors (Lipinski definition) is 1. The molecule has 0 aliphatic carbocycles. The SMILES string of the molecule is COc1cc(N)cc(CN2C(=O)CCCC2=O)c1. The van der Waals surface area contributed by atoms with Gasteiger partial charge in [0.25, 0.3) is 0 Å². The van der Waals surface area contributed by atoms with Crippen LogP contribution in [0.1, 0.15) is 24.8 Å². The highest BCUT2D eigenvalue weighted by atomic mass is 16.5.